The van der Waals surface area contributed by atoms with Crippen LogP contribution in [0.4, 0.5) is 5.69 Å². The summed E-state index contributed by atoms with van der Waals surface area (Å²) in [4.78, 5) is 0.770. The van der Waals surface area contributed by atoms with E-state index in [2.05, 4.69) is 4.40 Å². The third kappa shape index (κ3) is 6.33. The molecule has 1 rings (SSSR count). The van der Waals surface area contributed by atoms with Crippen molar-refractivity contribution in [3.05, 3.63) is 17.2 Å². The summed E-state index contributed by atoms with van der Waals surface area (Å²) in [6.45, 7) is 4.60. The van der Waals surface area contributed by atoms with Crippen LogP contribution < -0.4 is 5.73 Å². The Balaban J connectivity index is 3.50. The second kappa shape index (κ2) is 10.4. The van der Waals surface area contributed by atoms with E-state index in [1.807, 2.05) is 13.8 Å². The van der Waals surface area contributed by atoms with E-state index in [0.717, 1.165) is 31.3 Å². The molecule has 0 aliphatic rings. The molecule has 0 saturated heterocycles. The summed E-state index contributed by atoms with van der Waals surface area (Å²) in [7, 11) is -4.95. The van der Waals surface area contributed by atoms with Crippen molar-refractivity contribution in [2.24, 2.45) is 4.40 Å². The second-order valence-electron chi connectivity index (χ2n) is 6.59. The predicted octanol–water partition coefficient (Wildman–Crippen LogP) is 2.79. The van der Waals surface area contributed by atoms with Crippen LogP contribution in [0, 0.1) is 0 Å². The minimum atomic E-state index is -4.19. The fraction of sp³-hybridized carbons (Fsp3) is 0.588. The van der Waals surface area contributed by atoms with Gasteiger partial charge >= 0.3 is 0 Å². The zero-order chi connectivity index (χ0) is 21.5. The molecule has 28 heavy (non-hydrogen) atoms. The van der Waals surface area contributed by atoms with E-state index in [-0.39, 0.29) is 15.6 Å². The lowest BCUT2D eigenvalue weighted by Gasteiger charge is -2.23. The number of anilines is 1. The lowest BCUT2D eigenvalue weighted by molar-refractivity contribution is 0.395. The number of nitrogens with zero attached hydrogens (tertiary/aromatic N) is 3. The predicted molar refractivity (Wildman–Crippen MR) is 114 cm³/mol. The van der Waals surface area contributed by atoms with Crippen LogP contribution >= 0.6 is 11.6 Å². The zero-order valence-electron chi connectivity index (χ0n) is 16.7. The number of nitrogens with two attached hydrogens (primary N) is 1. The van der Waals surface area contributed by atoms with Gasteiger partial charge in [-0.3, -0.25) is 0 Å². The number of halogens is 1. The van der Waals surface area contributed by atoms with E-state index in [9.17, 15) is 16.8 Å². The summed E-state index contributed by atoms with van der Waals surface area (Å²) in [5.41, 5.74) is 5.81. The molecule has 0 aromatic heterocycles. The largest absolute Gasteiger partial charge is 0.398 e. The molecule has 11 heteroatoms. The first-order valence-electron chi connectivity index (χ1n) is 9.03. The number of benzene rings is 1. The summed E-state index contributed by atoms with van der Waals surface area (Å²) in [6, 6.07) is 2.14. The maximum absolute atomic E-state index is 13.2. The Kier molecular flexibility index (Phi) is 9.19. The summed E-state index contributed by atoms with van der Waals surface area (Å²) >= 11 is 6.04. The Hall–Kier alpha value is -1.36. The topological polar surface area (TPSA) is 113 Å². The molecule has 0 fully saturated rings. The molecule has 0 saturated carbocycles. The van der Waals surface area contributed by atoms with Crippen LogP contribution in [0.2, 0.25) is 5.02 Å². The van der Waals surface area contributed by atoms with Gasteiger partial charge in [-0.25, -0.2) is 8.42 Å². The van der Waals surface area contributed by atoms with Crippen molar-refractivity contribution < 1.29 is 16.8 Å². The van der Waals surface area contributed by atoms with Gasteiger partial charge in [-0.2, -0.15) is 12.7 Å². The van der Waals surface area contributed by atoms with Gasteiger partial charge < -0.3 is 10.6 Å². The van der Waals surface area contributed by atoms with E-state index >= 15 is 0 Å². The number of hydrogen-bond donors (Lipinski definition) is 1. The van der Waals surface area contributed by atoms with Crippen LogP contribution in [-0.2, 0) is 20.0 Å². The maximum atomic E-state index is 13.2. The van der Waals surface area contributed by atoms with Crippen LogP contribution in [0.15, 0.2) is 26.3 Å². The number of unbranched alkanes of at least 4 members (excludes halogenated alkanes) is 2. The number of sulfonamides is 2. The van der Waals surface area contributed by atoms with E-state index < -0.39 is 24.9 Å². The Bertz CT molecular complexity index is 892. The minimum absolute atomic E-state index is 0.0986. The maximum Gasteiger partial charge on any atom is 0.285 e. The number of hydrogen-bond acceptors (Lipinski definition) is 5. The number of nitrogen functional groups attached to an aromatic ring is 1. The second-order valence-corrected chi connectivity index (χ2v) is 10.5. The van der Waals surface area contributed by atoms with Crippen molar-refractivity contribution in [2.45, 2.75) is 49.3 Å². The quantitative estimate of drug-likeness (QED) is 0.313. The molecule has 0 spiro atoms. The Morgan fingerprint density at radius 2 is 1.57 bits per heavy atom. The third-order valence-electron chi connectivity index (χ3n) is 3.90. The van der Waals surface area contributed by atoms with Crippen LogP contribution in [0.3, 0.4) is 0 Å². The van der Waals surface area contributed by atoms with Crippen LogP contribution in [0.1, 0.15) is 39.5 Å². The van der Waals surface area contributed by atoms with Gasteiger partial charge in [0, 0.05) is 27.2 Å². The SMILES string of the molecule is CCCCN(CCCC)S(=O)(=O)c1cc(S(=O)(=O)N=CN(C)C)c(Cl)cc1N. The molecule has 0 aliphatic heterocycles. The molecule has 0 amide bonds. The smallest absolute Gasteiger partial charge is 0.285 e. The fourth-order valence-electron chi connectivity index (χ4n) is 2.34. The van der Waals surface area contributed by atoms with Gasteiger partial charge in [-0.15, -0.1) is 4.40 Å². The molecule has 8 nitrogen and oxygen atoms in total. The van der Waals surface area contributed by atoms with E-state index in [1.165, 1.54) is 9.21 Å². The van der Waals surface area contributed by atoms with Crippen molar-refractivity contribution in [1.29, 1.82) is 0 Å². The van der Waals surface area contributed by atoms with Crippen LogP contribution in [0.5, 0.6) is 0 Å². The Morgan fingerprint density at radius 3 is 2.04 bits per heavy atom. The Morgan fingerprint density at radius 1 is 1.04 bits per heavy atom. The monoisotopic (exact) mass is 452 g/mol. The van der Waals surface area contributed by atoms with Gasteiger partial charge in [-0.1, -0.05) is 38.3 Å². The molecule has 1 aromatic carbocycles. The summed E-state index contributed by atoms with van der Waals surface area (Å²) in [5.74, 6) is 0. The summed E-state index contributed by atoms with van der Waals surface area (Å²) < 4.78 is 56.2. The highest BCUT2D eigenvalue weighted by Crippen LogP contribution is 2.32. The van der Waals surface area contributed by atoms with Gasteiger partial charge in [0.25, 0.3) is 10.0 Å². The highest BCUT2D eigenvalue weighted by molar-refractivity contribution is 7.90. The molecule has 0 heterocycles. The molecule has 0 bridgehead atoms. The van der Waals surface area contributed by atoms with Gasteiger partial charge in [0.05, 0.1) is 10.7 Å². The van der Waals surface area contributed by atoms with Gasteiger partial charge in [0.15, 0.2) is 0 Å². The average Bonchev–Trinajstić information content (AvgIpc) is 2.59. The van der Waals surface area contributed by atoms with Crippen molar-refractivity contribution >= 4 is 43.7 Å². The molecule has 0 aliphatic carbocycles. The third-order valence-corrected chi connectivity index (χ3v) is 7.54. The first-order chi connectivity index (χ1) is 13.0. The van der Waals surface area contributed by atoms with E-state index in [4.69, 9.17) is 17.3 Å². The molecule has 1 aromatic rings. The zero-order valence-corrected chi connectivity index (χ0v) is 19.1. The molecule has 160 valence electrons. The van der Waals surface area contributed by atoms with Crippen molar-refractivity contribution in [2.75, 3.05) is 32.9 Å². The van der Waals surface area contributed by atoms with E-state index in [1.54, 1.807) is 14.1 Å². The standard InChI is InChI=1S/C17H29ClN4O4S2/c1-5-7-9-22(10-8-6-2)28(25,26)17-12-16(14(18)11-15(17)19)27(23,24)20-13-21(3)4/h11-13H,5-10,19H2,1-4H3. The summed E-state index contributed by atoms with van der Waals surface area (Å²) in [6.07, 6.45) is 4.13. The Labute approximate surface area is 173 Å². The van der Waals surface area contributed by atoms with Crippen molar-refractivity contribution in [3.8, 4) is 0 Å². The van der Waals surface area contributed by atoms with Crippen molar-refractivity contribution in [1.82, 2.24) is 9.21 Å². The first kappa shape index (κ1) is 24.7. The normalized spacial score (nSPS) is 12.8. The van der Waals surface area contributed by atoms with Crippen LogP contribution in [0.25, 0.3) is 0 Å². The molecule has 0 radical (unpaired) electrons. The molecule has 2 N–H and O–H groups in total. The lowest BCUT2D eigenvalue weighted by atomic mass is 10.3. The lowest BCUT2D eigenvalue weighted by Crippen LogP contribution is -2.33. The van der Waals surface area contributed by atoms with E-state index in [0.29, 0.717) is 25.9 Å². The highest BCUT2D eigenvalue weighted by atomic mass is 35.5. The molecular formula is C17H29ClN4O4S2. The first-order valence-corrected chi connectivity index (χ1v) is 12.3. The van der Waals surface area contributed by atoms with Gasteiger partial charge in [0.2, 0.25) is 10.0 Å². The fourth-order valence-corrected chi connectivity index (χ4v) is 5.52. The van der Waals surface area contributed by atoms with Gasteiger partial charge in [-0.05, 0) is 25.0 Å². The average molecular weight is 453 g/mol. The molecule has 0 unspecified atom stereocenters. The van der Waals surface area contributed by atoms with Gasteiger partial charge in [0.1, 0.15) is 16.1 Å². The molecule has 0 atom stereocenters. The number of rotatable bonds is 11. The molecular weight excluding hydrogens is 424 g/mol. The minimum Gasteiger partial charge on any atom is -0.398 e. The highest BCUT2D eigenvalue weighted by Gasteiger charge is 2.29. The van der Waals surface area contributed by atoms with Crippen LogP contribution in [-0.4, -0.2) is 59.6 Å². The summed E-state index contributed by atoms with van der Waals surface area (Å²) in [5, 5.41) is -0.180. The van der Waals surface area contributed by atoms with Crippen molar-refractivity contribution in [3.63, 3.8) is 0 Å².